The van der Waals surface area contributed by atoms with Crippen LogP contribution >= 0.6 is 11.3 Å². The first-order valence-corrected chi connectivity index (χ1v) is 10.3. The average molecular weight is 427 g/mol. The first-order chi connectivity index (χ1) is 13.2. The number of carbonyl (C=O) groups excluding carboxylic acids is 1. The van der Waals surface area contributed by atoms with E-state index in [1.165, 1.54) is 17.5 Å². The lowest BCUT2D eigenvalue weighted by Crippen LogP contribution is -2.41. The number of aromatic nitrogens is 1. The van der Waals surface area contributed by atoms with Gasteiger partial charge in [0.1, 0.15) is 6.04 Å². The highest BCUT2D eigenvalue weighted by atomic mass is 32.2. The van der Waals surface area contributed by atoms with Crippen LogP contribution < -0.4 is 10.0 Å². The molecule has 0 aliphatic carbocycles. The number of carboxylic acids is 2. The van der Waals surface area contributed by atoms with Crippen LogP contribution in [0, 0.1) is 0 Å². The van der Waals surface area contributed by atoms with Gasteiger partial charge in [-0.15, -0.1) is 11.3 Å². The molecular formula is C16H17N3O7S2. The minimum atomic E-state index is -3.81. The topological polar surface area (TPSA) is 163 Å². The van der Waals surface area contributed by atoms with E-state index < -0.39 is 40.3 Å². The van der Waals surface area contributed by atoms with Gasteiger partial charge >= 0.3 is 11.9 Å². The zero-order valence-electron chi connectivity index (χ0n) is 14.4. The average Bonchev–Trinajstić information content (AvgIpc) is 3.04. The number of carbonyl (C=O) groups is 3. The summed E-state index contributed by atoms with van der Waals surface area (Å²) in [5.41, 5.74) is 0.246. The minimum absolute atomic E-state index is 0.0622. The van der Waals surface area contributed by atoms with Gasteiger partial charge in [-0.2, -0.15) is 0 Å². The Balaban J connectivity index is 1.97. The molecule has 1 heterocycles. The van der Waals surface area contributed by atoms with E-state index in [1.807, 2.05) is 0 Å². The van der Waals surface area contributed by atoms with Crippen LogP contribution in [0.2, 0.25) is 0 Å². The van der Waals surface area contributed by atoms with Crippen LogP contribution in [0.25, 0.3) is 0 Å². The van der Waals surface area contributed by atoms with E-state index in [0.717, 1.165) is 11.3 Å². The lowest BCUT2D eigenvalue weighted by atomic mass is 10.1. The second-order valence-corrected chi connectivity index (χ2v) is 8.17. The highest BCUT2D eigenvalue weighted by Gasteiger charge is 2.22. The molecule has 12 heteroatoms. The first kappa shape index (κ1) is 21.3. The first-order valence-electron chi connectivity index (χ1n) is 7.93. The van der Waals surface area contributed by atoms with Crippen molar-refractivity contribution in [1.82, 2.24) is 10.3 Å². The molecule has 0 saturated carbocycles. The monoisotopic (exact) mass is 427 g/mol. The van der Waals surface area contributed by atoms with Gasteiger partial charge in [0.25, 0.3) is 10.0 Å². The number of anilines is 1. The van der Waals surface area contributed by atoms with E-state index in [4.69, 9.17) is 10.2 Å². The second-order valence-electron chi connectivity index (χ2n) is 5.63. The number of nitrogens with zero attached hydrogens (tertiary/aromatic N) is 1. The zero-order valence-corrected chi connectivity index (χ0v) is 16.0. The maximum Gasteiger partial charge on any atom is 0.326 e. The van der Waals surface area contributed by atoms with Gasteiger partial charge in [0.15, 0.2) is 5.13 Å². The van der Waals surface area contributed by atoms with Gasteiger partial charge in [-0.3, -0.25) is 14.3 Å². The second kappa shape index (κ2) is 9.28. The number of sulfonamides is 1. The third-order valence-electron chi connectivity index (χ3n) is 3.45. The molecule has 2 rings (SSSR count). The number of rotatable bonds is 10. The Bertz CT molecular complexity index is 958. The van der Waals surface area contributed by atoms with Crippen molar-refractivity contribution in [2.24, 2.45) is 0 Å². The molecule has 150 valence electrons. The molecule has 2 aromatic rings. The van der Waals surface area contributed by atoms with E-state index in [9.17, 15) is 22.8 Å². The van der Waals surface area contributed by atoms with E-state index in [0.29, 0.717) is 0 Å². The third kappa shape index (κ3) is 6.32. The number of thiazole rings is 1. The quantitative estimate of drug-likeness (QED) is 0.435. The summed E-state index contributed by atoms with van der Waals surface area (Å²) in [6.45, 7) is 0. The Morgan fingerprint density at radius 3 is 2.43 bits per heavy atom. The third-order valence-corrected chi connectivity index (χ3v) is 5.74. The van der Waals surface area contributed by atoms with Gasteiger partial charge in [-0.25, -0.2) is 18.2 Å². The van der Waals surface area contributed by atoms with Crippen LogP contribution in [0.5, 0.6) is 0 Å². The van der Waals surface area contributed by atoms with Crippen LogP contribution in [-0.4, -0.2) is 47.5 Å². The van der Waals surface area contributed by atoms with E-state index in [1.54, 1.807) is 18.2 Å². The van der Waals surface area contributed by atoms with Gasteiger partial charge in [-0.1, -0.05) is 18.2 Å². The van der Waals surface area contributed by atoms with Gasteiger partial charge in [0.2, 0.25) is 5.91 Å². The standard InChI is InChI=1S/C16H17N3O7S2/c20-13(18-12(15(23)24)6-7-14(21)22)8-10-9-27-16(17-10)19-28(25,26)11-4-2-1-3-5-11/h1-5,9,12H,6-8H2,(H,17,19)(H,18,20)(H,21,22)(H,23,24). The van der Waals surface area contributed by atoms with Crippen molar-refractivity contribution >= 4 is 44.3 Å². The van der Waals surface area contributed by atoms with E-state index >= 15 is 0 Å². The highest BCUT2D eigenvalue weighted by Crippen LogP contribution is 2.20. The smallest absolute Gasteiger partial charge is 0.326 e. The van der Waals surface area contributed by atoms with Crippen molar-refractivity contribution in [3.05, 3.63) is 41.4 Å². The summed E-state index contributed by atoms with van der Waals surface area (Å²) in [4.78, 5) is 37.7. The number of nitrogens with one attached hydrogen (secondary N) is 2. The summed E-state index contributed by atoms with van der Waals surface area (Å²) in [6, 6.07) is 6.35. The van der Waals surface area contributed by atoms with Crippen molar-refractivity contribution in [2.75, 3.05) is 4.72 Å². The maximum atomic E-state index is 12.2. The molecule has 1 aromatic heterocycles. The summed E-state index contributed by atoms with van der Waals surface area (Å²) in [6.07, 6.45) is -0.935. The van der Waals surface area contributed by atoms with Gasteiger partial charge in [-0.05, 0) is 18.6 Å². The fourth-order valence-corrected chi connectivity index (χ4v) is 4.13. The molecule has 4 N–H and O–H groups in total. The SMILES string of the molecule is O=C(O)CCC(NC(=O)Cc1csc(NS(=O)(=O)c2ccccc2)n1)C(=O)O. The normalized spacial score (nSPS) is 12.1. The summed E-state index contributed by atoms with van der Waals surface area (Å²) in [5.74, 6) is -3.18. The van der Waals surface area contributed by atoms with E-state index in [2.05, 4.69) is 15.0 Å². The lowest BCUT2D eigenvalue weighted by Gasteiger charge is -2.12. The van der Waals surface area contributed by atoms with E-state index in [-0.39, 0.29) is 28.6 Å². The largest absolute Gasteiger partial charge is 0.481 e. The Morgan fingerprint density at radius 1 is 1.14 bits per heavy atom. The molecule has 0 saturated heterocycles. The van der Waals surface area contributed by atoms with Crippen LogP contribution in [-0.2, 0) is 30.8 Å². The van der Waals surface area contributed by atoms with Crippen LogP contribution in [0.1, 0.15) is 18.5 Å². The van der Waals surface area contributed by atoms with Crippen molar-refractivity contribution in [3.8, 4) is 0 Å². The van der Waals surface area contributed by atoms with Crippen LogP contribution in [0.15, 0.2) is 40.6 Å². The van der Waals surface area contributed by atoms with Crippen LogP contribution in [0.4, 0.5) is 5.13 Å². The van der Waals surface area contributed by atoms with Crippen molar-refractivity contribution in [1.29, 1.82) is 0 Å². The molecule has 0 bridgehead atoms. The maximum absolute atomic E-state index is 12.2. The molecule has 10 nitrogen and oxygen atoms in total. The van der Waals surface area contributed by atoms with Gasteiger partial charge < -0.3 is 15.5 Å². The molecule has 0 spiro atoms. The zero-order chi connectivity index (χ0) is 20.7. The Kier molecular flexibility index (Phi) is 7.06. The number of amides is 1. The van der Waals surface area contributed by atoms with Crippen molar-refractivity contribution < 1.29 is 33.0 Å². The van der Waals surface area contributed by atoms with Crippen molar-refractivity contribution in [3.63, 3.8) is 0 Å². The summed E-state index contributed by atoms with van der Waals surface area (Å²) in [5, 5.41) is 21.4. The summed E-state index contributed by atoms with van der Waals surface area (Å²) >= 11 is 0.977. The minimum Gasteiger partial charge on any atom is -0.481 e. The molecule has 0 aliphatic rings. The molecular weight excluding hydrogens is 410 g/mol. The fourth-order valence-electron chi connectivity index (χ4n) is 2.14. The predicted octanol–water partition coefficient (Wildman–Crippen LogP) is 0.921. The number of carboxylic acid groups (broad SMARTS) is 2. The number of hydrogen-bond donors (Lipinski definition) is 4. The Morgan fingerprint density at radius 2 is 1.82 bits per heavy atom. The Labute approximate surface area is 164 Å². The molecule has 0 aliphatic heterocycles. The number of benzene rings is 1. The number of aliphatic carboxylic acids is 2. The highest BCUT2D eigenvalue weighted by molar-refractivity contribution is 7.93. The molecule has 28 heavy (non-hydrogen) atoms. The molecule has 1 aromatic carbocycles. The molecule has 1 amide bonds. The fraction of sp³-hybridized carbons (Fsp3) is 0.250. The molecule has 0 fully saturated rings. The Hall–Kier alpha value is -2.99. The molecule has 1 unspecified atom stereocenters. The molecule has 1 atom stereocenters. The summed E-state index contributed by atoms with van der Waals surface area (Å²) in [7, 11) is -3.81. The van der Waals surface area contributed by atoms with Gasteiger partial charge in [0, 0.05) is 11.8 Å². The predicted molar refractivity (Wildman–Crippen MR) is 99.5 cm³/mol. The van der Waals surface area contributed by atoms with Gasteiger partial charge in [0.05, 0.1) is 17.0 Å². The van der Waals surface area contributed by atoms with Crippen molar-refractivity contribution in [2.45, 2.75) is 30.2 Å². The number of hydrogen-bond acceptors (Lipinski definition) is 7. The molecule has 0 radical (unpaired) electrons. The lowest BCUT2D eigenvalue weighted by molar-refractivity contribution is -0.143. The summed E-state index contributed by atoms with van der Waals surface area (Å²) < 4.78 is 26.8. The van der Waals surface area contributed by atoms with Crippen LogP contribution in [0.3, 0.4) is 0 Å².